The largest absolute Gasteiger partial charge is 0.338 e. The Hall–Kier alpha value is -1.36. The summed E-state index contributed by atoms with van der Waals surface area (Å²) in [4.78, 5) is 11.6. The van der Waals surface area contributed by atoms with Gasteiger partial charge in [0.05, 0.1) is 0 Å². The van der Waals surface area contributed by atoms with E-state index in [1.54, 1.807) is 0 Å². The van der Waals surface area contributed by atoms with Gasteiger partial charge in [-0.1, -0.05) is 19.1 Å². The van der Waals surface area contributed by atoms with Crippen molar-refractivity contribution in [1.29, 1.82) is 0 Å². The van der Waals surface area contributed by atoms with Gasteiger partial charge < -0.3 is 10.6 Å². The molecule has 0 aromatic heterocycles. The monoisotopic (exact) mass is 296 g/mol. The van der Waals surface area contributed by atoms with Gasteiger partial charge in [-0.3, -0.25) is 4.21 Å². The highest BCUT2D eigenvalue weighted by molar-refractivity contribution is 7.85. The van der Waals surface area contributed by atoms with Gasteiger partial charge in [-0.05, 0) is 44.9 Å². The molecule has 0 aliphatic carbocycles. The van der Waals surface area contributed by atoms with E-state index < -0.39 is 10.8 Å². The van der Waals surface area contributed by atoms with Crippen LogP contribution in [-0.2, 0) is 16.6 Å². The van der Waals surface area contributed by atoms with Crippen molar-refractivity contribution in [3.8, 4) is 0 Å². The Balaban J connectivity index is 2.66. The number of benzene rings is 1. The van der Waals surface area contributed by atoms with Crippen molar-refractivity contribution in [2.24, 2.45) is 0 Å². The van der Waals surface area contributed by atoms with Crippen LogP contribution in [0, 0.1) is 0 Å². The number of carbonyl (C=O) groups is 1. The summed E-state index contributed by atoms with van der Waals surface area (Å²) in [6.45, 7) is 8.54. The van der Waals surface area contributed by atoms with Gasteiger partial charge in [0, 0.05) is 33.5 Å². The van der Waals surface area contributed by atoms with E-state index in [1.807, 2.05) is 52.0 Å². The maximum absolute atomic E-state index is 12.1. The van der Waals surface area contributed by atoms with Crippen molar-refractivity contribution in [2.45, 2.75) is 44.6 Å². The second-order valence-corrected chi connectivity index (χ2v) is 7.89. The summed E-state index contributed by atoms with van der Waals surface area (Å²) in [5.74, 6) is 0.496. The molecule has 5 heteroatoms. The van der Waals surface area contributed by atoms with Gasteiger partial charge in [-0.2, -0.15) is 0 Å². The van der Waals surface area contributed by atoms with Gasteiger partial charge in [0.15, 0.2) is 0 Å². The molecule has 0 bridgehead atoms. The molecule has 0 saturated heterocycles. The van der Waals surface area contributed by atoms with Crippen LogP contribution in [0.25, 0.3) is 0 Å². The Morgan fingerprint density at radius 2 is 2.00 bits per heavy atom. The van der Waals surface area contributed by atoms with Crippen LogP contribution in [0.3, 0.4) is 0 Å². The third-order valence-electron chi connectivity index (χ3n) is 2.70. The molecule has 2 N–H and O–H groups in total. The minimum Gasteiger partial charge on any atom is -0.338 e. The first-order valence-electron chi connectivity index (χ1n) is 6.85. The summed E-state index contributed by atoms with van der Waals surface area (Å²) in [5, 5.41) is 5.54. The molecule has 2 amide bonds. The lowest BCUT2D eigenvalue weighted by atomic mass is 10.2. The zero-order valence-corrected chi connectivity index (χ0v) is 13.5. The summed E-state index contributed by atoms with van der Waals surface area (Å²) in [7, 11) is -0.942. The first-order chi connectivity index (χ1) is 9.32. The second-order valence-electron chi connectivity index (χ2n) is 5.68. The zero-order chi connectivity index (χ0) is 15.2. The standard InChI is InChI=1S/C15H24N2O2S/c1-5-9-16-14(18)17-13-8-6-7-12(10-13)11-20(19)15(2,3)4/h6-8,10H,5,9,11H2,1-4H3,(H2,16,17,18)/t20-/m1/s1. The van der Waals surface area contributed by atoms with Crippen LogP contribution in [0.5, 0.6) is 0 Å². The van der Waals surface area contributed by atoms with Gasteiger partial charge in [0.25, 0.3) is 0 Å². The van der Waals surface area contributed by atoms with Crippen LogP contribution in [0.15, 0.2) is 24.3 Å². The minimum atomic E-state index is -0.942. The van der Waals surface area contributed by atoms with Crippen molar-refractivity contribution in [1.82, 2.24) is 5.32 Å². The number of anilines is 1. The van der Waals surface area contributed by atoms with E-state index in [-0.39, 0.29) is 10.8 Å². The summed E-state index contributed by atoms with van der Waals surface area (Å²) in [6, 6.07) is 7.29. The molecular weight excluding hydrogens is 272 g/mol. The lowest BCUT2D eigenvalue weighted by Crippen LogP contribution is -2.29. The van der Waals surface area contributed by atoms with Crippen molar-refractivity contribution in [3.63, 3.8) is 0 Å². The molecule has 0 saturated carbocycles. The molecule has 112 valence electrons. The van der Waals surface area contributed by atoms with Gasteiger partial charge in [0.1, 0.15) is 0 Å². The van der Waals surface area contributed by atoms with Crippen LogP contribution in [0.2, 0.25) is 0 Å². The predicted molar refractivity (Wildman–Crippen MR) is 85.4 cm³/mol. The average molecular weight is 296 g/mol. The Morgan fingerprint density at radius 1 is 1.30 bits per heavy atom. The molecule has 0 aliphatic heterocycles. The van der Waals surface area contributed by atoms with Crippen molar-refractivity contribution < 1.29 is 9.00 Å². The van der Waals surface area contributed by atoms with E-state index in [9.17, 15) is 9.00 Å². The molecule has 1 atom stereocenters. The zero-order valence-electron chi connectivity index (χ0n) is 12.7. The minimum absolute atomic E-state index is 0.207. The van der Waals surface area contributed by atoms with E-state index in [0.29, 0.717) is 12.3 Å². The van der Waals surface area contributed by atoms with E-state index in [0.717, 1.165) is 17.7 Å². The number of urea groups is 1. The summed E-state index contributed by atoms with van der Waals surface area (Å²) >= 11 is 0. The van der Waals surface area contributed by atoms with Crippen LogP contribution in [-0.4, -0.2) is 21.5 Å². The molecule has 0 spiro atoms. The highest BCUT2D eigenvalue weighted by Gasteiger charge is 2.19. The lowest BCUT2D eigenvalue weighted by molar-refractivity contribution is 0.252. The lowest BCUT2D eigenvalue weighted by Gasteiger charge is -2.18. The van der Waals surface area contributed by atoms with Gasteiger partial charge in [-0.15, -0.1) is 0 Å². The highest BCUT2D eigenvalue weighted by Crippen LogP contribution is 2.18. The van der Waals surface area contributed by atoms with Crippen LogP contribution in [0.1, 0.15) is 39.7 Å². The smallest absolute Gasteiger partial charge is 0.319 e. The molecule has 0 unspecified atom stereocenters. The Kier molecular flexibility index (Phi) is 6.20. The fourth-order valence-corrected chi connectivity index (χ4v) is 2.44. The molecule has 1 aromatic carbocycles. The van der Waals surface area contributed by atoms with E-state index >= 15 is 0 Å². The van der Waals surface area contributed by atoms with E-state index in [4.69, 9.17) is 0 Å². The first kappa shape index (κ1) is 16.7. The third kappa shape index (κ3) is 5.74. The van der Waals surface area contributed by atoms with Crippen molar-refractivity contribution in [3.05, 3.63) is 29.8 Å². The fraction of sp³-hybridized carbons (Fsp3) is 0.533. The maximum Gasteiger partial charge on any atom is 0.319 e. The molecule has 1 aromatic rings. The molecule has 0 radical (unpaired) electrons. The number of carbonyl (C=O) groups excluding carboxylic acids is 1. The molecule has 0 aliphatic rings. The third-order valence-corrected chi connectivity index (χ3v) is 4.66. The number of amides is 2. The molecule has 4 nitrogen and oxygen atoms in total. The number of rotatable bonds is 5. The molecular formula is C15H24N2O2S. The normalized spacial score (nSPS) is 12.8. The Labute approximate surface area is 123 Å². The highest BCUT2D eigenvalue weighted by atomic mass is 32.2. The SMILES string of the molecule is CCCNC(=O)Nc1cccc(C[S@@](=O)C(C)(C)C)c1. The average Bonchev–Trinajstić information content (AvgIpc) is 2.35. The van der Waals surface area contributed by atoms with Gasteiger partial charge in [0.2, 0.25) is 0 Å². The summed E-state index contributed by atoms with van der Waals surface area (Å²) in [5.41, 5.74) is 1.69. The van der Waals surface area contributed by atoms with E-state index in [2.05, 4.69) is 10.6 Å². The maximum atomic E-state index is 12.1. The molecule has 0 heterocycles. The van der Waals surface area contributed by atoms with Gasteiger partial charge >= 0.3 is 6.03 Å². The predicted octanol–water partition coefficient (Wildman–Crippen LogP) is 3.27. The topological polar surface area (TPSA) is 58.2 Å². The first-order valence-corrected chi connectivity index (χ1v) is 8.17. The van der Waals surface area contributed by atoms with Crippen molar-refractivity contribution in [2.75, 3.05) is 11.9 Å². The Morgan fingerprint density at radius 3 is 2.60 bits per heavy atom. The molecule has 20 heavy (non-hydrogen) atoms. The number of hydrogen-bond acceptors (Lipinski definition) is 2. The van der Waals surface area contributed by atoms with Crippen LogP contribution >= 0.6 is 0 Å². The summed E-state index contributed by atoms with van der Waals surface area (Å²) < 4.78 is 11.9. The summed E-state index contributed by atoms with van der Waals surface area (Å²) in [6.07, 6.45) is 0.901. The number of hydrogen-bond donors (Lipinski definition) is 2. The van der Waals surface area contributed by atoms with Crippen LogP contribution in [0.4, 0.5) is 10.5 Å². The molecule has 1 rings (SSSR count). The van der Waals surface area contributed by atoms with Crippen LogP contribution < -0.4 is 10.6 Å². The second kappa shape index (κ2) is 7.43. The van der Waals surface area contributed by atoms with Crippen molar-refractivity contribution >= 4 is 22.5 Å². The number of nitrogens with one attached hydrogen (secondary N) is 2. The fourth-order valence-electron chi connectivity index (χ4n) is 1.52. The molecule has 0 fully saturated rings. The quantitative estimate of drug-likeness (QED) is 0.876. The van der Waals surface area contributed by atoms with Gasteiger partial charge in [-0.25, -0.2) is 4.79 Å². The Bertz CT molecular complexity index is 481. The van der Waals surface area contributed by atoms with E-state index in [1.165, 1.54) is 0 Å².